The number of nitrogens with zero attached hydrogens (tertiary/aromatic N) is 1. The molecule has 0 radical (unpaired) electrons. The molecule has 0 aromatic heterocycles. The van der Waals surface area contributed by atoms with Crippen LogP contribution >= 0.6 is 0 Å². The van der Waals surface area contributed by atoms with Crippen molar-refractivity contribution in [1.82, 2.24) is 4.90 Å². The van der Waals surface area contributed by atoms with Crippen LogP contribution in [0.3, 0.4) is 0 Å². The first-order valence-corrected chi connectivity index (χ1v) is 5.04. The van der Waals surface area contributed by atoms with Gasteiger partial charge >= 0.3 is 0 Å². The highest BCUT2D eigenvalue weighted by Crippen LogP contribution is 2.32. The molecule has 4 N–H and O–H groups in total. The van der Waals surface area contributed by atoms with Gasteiger partial charge in [0.25, 0.3) is 0 Å². The van der Waals surface area contributed by atoms with Crippen molar-refractivity contribution in [2.45, 2.75) is 30.8 Å². The number of hydrogen-bond acceptors (Lipinski definition) is 5. The number of fused-ring (bicyclic) bond motifs is 1. The Hall–Kier alpha value is -0.200. The van der Waals surface area contributed by atoms with Crippen LogP contribution < -0.4 is 0 Å². The van der Waals surface area contributed by atoms with Gasteiger partial charge in [-0.2, -0.15) is 0 Å². The zero-order chi connectivity index (χ0) is 10.3. The van der Waals surface area contributed by atoms with E-state index in [1.165, 1.54) is 0 Å². The van der Waals surface area contributed by atoms with Crippen LogP contribution in [0.4, 0.5) is 0 Å². The summed E-state index contributed by atoms with van der Waals surface area (Å²) in [4.78, 5) is 1.95. The maximum Gasteiger partial charge on any atom is 0.0970 e. The predicted octanol–water partition coefficient (Wildman–Crippen LogP) is -2.23. The van der Waals surface area contributed by atoms with Crippen molar-refractivity contribution < 1.29 is 20.4 Å². The zero-order valence-corrected chi connectivity index (χ0v) is 7.95. The molecule has 0 amide bonds. The van der Waals surface area contributed by atoms with Crippen molar-refractivity contribution in [3.05, 3.63) is 0 Å². The first-order chi connectivity index (χ1) is 6.65. The highest BCUT2D eigenvalue weighted by molar-refractivity contribution is 5.01. The predicted molar refractivity (Wildman–Crippen MR) is 48.6 cm³/mol. The van der Waals surface area contributed by atoms with Crippen LogP contribution in [-0.2, 0) is 0 Å². The minimum Gasteiger partial charge on any atom is -0.396 e. The van der Waals surface area contributed by atoms with Crippen LogP contribution in [-0.4, -0.2) is 69.4 Å². The van der Waals surface area contributed by atoms with Crippen molar-refractivity contribution in [1.29, 1.82) is 0 Å². The maximum atomic E-state index is 9.70. The van der Waals surface area contributed by atoms with Gasteiger partial charge in [-0.3, -0.25) is 4.90 Å². The number of aliphatic hydroxyl groups excluding tert-OH is 4. The monoisotopic (exact) mass is 203 g/mol. The van der Waals surface area contributed by atoms with E-state index >= 15 is 0 Å². The smallest absolute Gasteiger partial charge is 0.0970 e. The summed E-state index contributed by atoms with van der Waals surface area (Å²) in [6.07, 6.45) is -1.57. The summed E-state index contributed by atoms with van der Waals surface area (Å²) in [5.41, 5.74) is 0. The SMILES string of the molecule is OC[C@H]1[C@H]2[C@H](O)[C@H](O)CN2CC[C@@H]1O. The second kappa shape index (κ2) is 3.75. The molecule has 2 fully saturated rings. The first-order valence-electron chi connectivity index (χ1n) is 5.04. The second-order valence-electron chi connectivity index (χ2n) is 4.25. The van der Waals surface area contributed by atoms with E-state index in [0.29, 0.717) is 19.5 Å². The van der Waals surface area contributed by atoms with E-state index in [1.807, 2.05) is 4.90 Å². The summed E-state index contributed by atoms with van der Waals surface area (Å²) < 4.78 is 0. The molecule has 0 spiro atoms. The first kappa shape index (κ1) is 10.3. The summed E-state index contributed by atoms with van der Waals surface area (Å²) in [6, 6.07) is -0.293. The maximum absolute atomic E-state index is 9.70. The highest BCUT2D eigenvalue weighted by Gasteiger charge is 2.48. The zero-order valence-electron chi connectivity index (χ0n) is 7.95. The van der Waals surface area contributed by atoms with Crippen LogP contribution in [0.5, 0.6) is 0 Å². The van der Waals surface area contributed by atoms with Crippen molar-refractivity contribution in [3.8, 4) is 0 Å². The van der Waals surface area contributed by atoms with Gasteiger partial charge in [0, 0.05) is 31.7 Å². The normalized spacial score (nSPS) is 49.3. The highest BCUT2D eigenvalue weighted by atomic mass is 16.3. The Bertz CT molecular complexity index is 213. The molecule has 2 aliphatic rings. The number of aliphatic hydroxyl groups is 4. The third kappa shape index (κ3) is 1.45. The van der Waals surface area contributed by atoms with Gasteiger partial charge in [-0.25, -0.2) is 0 Å². The molecular formula is C9H17NO4. The van der Waals surface area contributed by atoms with E-state index in [1.54, 1.807) is 0 Å². The van der Waals surface area contributed by atoms with Crippen LogP contribution in [0.25, 0.3) is 0 Å². The summed E-state index contributed by atoms with van der Waals surface area (Å²) >= 11 is 0. The van der Waals surface area contributed by atoms with Crippen molar-refractivity contribution in [3.63, 3.8) is 0 Å². The lowest BCUT2D eigenvalue weighted by molar-refractivity contribution is -0.0589. The van der Waals surface area contributed by atoms with Crippen molar-refractivity contribution >= 4 is 0 Å². The van der Waals surface area contributed by atoms with E-state index < -0.39 is 18.3 Å². The van der Waals surface area contributed by atoms with Gasteiger partial charge in [0.1, 0.15) is 0 Å². The Morgan fingerprint density at radius 1 is 1.14 bits per heavy atom. The summed E-state index contributed by atoms with van der Waals surface area (Å²) in [5, 5.41) is 37.9. The lowest BCUT2D eigenvalue weighted by Crippen LogP contribution is -2.53. The number of rotatable bonds is 1. The molecule has 14 heavy (non-hydrogen) atoms. The molecular weight excluding hydrogens is 186 g/mol. The molecule has 2 saturated heterocycles. The second-order valence-corrected chi connectivity index (χ2v) is 4.25. The molecule has 5 atom stereocenters. The van der Waals surface area contributed by atoms with Crippen molar-refractivity contribution in [2.24, 2.45) is 5.92 Å². The fourth-order valence-electron chi connectivity index (χ4n) is 2.65. The Kier molecular flexibility index (Phi) is 2.77. The van der Waals surface area contributed by atoms with Gasteiger partial charge in [0.15, 0.2) is 0 Å². The van der Waals surface area contributed by atoms with Gasteiger partial charge in [0.2, 0.25) is 0 Å². The minimum absolute atomic E-state index is 0.147. The fourth-order valence-corrected chi connectivity index (χ4v) is 2.65. The Labute approximate surface area is 82.6 Å². The summed E-state index contributed by atoms with van der Waals surface area (Å²) in [6.45, 7) is 0.970. The van der Waals surface area contributed by atoms with E-state index in [4.69, 9.17) is 5.11 Å². The molecule has 5 heteroatoms. The van der Waals surface area contributed by atoms with Crippen LogP contribution in [0.2, 0.25) is 0 Å². The largest absolute Gasteiger partial charge is 0.396 e. The Morgan fingerprint density at radius 2 is 1.86 bits per heavy atom. The number of hydrogen-bond donors (Lipinski definition) is 4. The fraction of sp³-hybridized carbons (Fsp3) is 1.00. The minimum atomic E-state index is -0.845. The quantitative estimate of drug-likeness (QED) is 0.387. The summed E-state index contributed by atoms with van der Waals surface area (Å²) in [5.74, 6) is -0.337. The molecule has 5 nitrogen and oxygen atoms in total. The molecule has 82 valence electrons. The molecule has 2 aliphatic heterocycles. The Morgan fingerprint density at radius 3 is 2.50 bits per heavy atom. The van der Waals surface area contributed by atoms with E-state index in [9.17, 15) is 15.3 Å². The third-order valence-corrected chi connectivity index (χ3v) is 3.44. The van der Waals surface area contributed by atoms with Crippen LogP contribution in [0.15, 0.2) is 0 Å². The molecule has 0 unspecified atom stereocenters. The molecule has 0 aromatic carbocycles. The average molecular weight is 203 g/mol. The third-order valence-electron chi connectivity index (χ3n) is 3.44. The molecule has 2 heterocycles. The number of piperidine rings is 1. The lowest BCUT2D eigenvalue weighted by Gasteiger charge is -2.39. The van der Waals surface area contributed by atoms with Crippen LogP contribution in [0, 0.1) is 5.92 Å². The summed E-state index contributed by atoms with van der Waals surface area (Å²) in [7, 11) is 0. The van der Waals surface area contributed by atoms with Crippen LogP contribution in [0.1, 0.15) is 6.42 Å². The Balaban J connectivity index is 2.16. The van der Waals surface area contributed by atoms with Gasteiger partial charge in [0.05, 0.1) is 18.3 Å². The standard InChI is InChI=1S/C9H17NO4/c11-4-5-6(12)1-2-10-3-7(13)9(14)8(5)10/h5-9,11-14H,1-4H2/t5-,6+,7-,8+,9-/m1/s1. The van der Waals surface area contributed by atoms with E-state index in [0.717, 1.165) is 0 Å². The van der Waals surface area contributed by atoms with Gasteiger partial charge in [-0.15, -0.1) is 0 Å². The van der Waals surface area contributed by atoms with Gasteiger partial charge in [-0.1, -0.05) is 0 Å². The van der Waals surface area contributed by atoms with Gasteiger partial charge < -0.3 is 20.4 Å². The molecule has 0 bridgehead atoms. The molecule has 0 aromatic rings. The molecule has 0 aliphatic carbocycles. The molecule has 0 saturated carbocycles. The van der Waals surface area contributed by atoms with E-state index in [2.05, 4.69) is 0 Å². The average Bonchev–Trinajstić information content (AvgIpc) is 2.45. The van der Waals surface area contributed by atoms with E-state index in [-0.39, 0.29) is 18.6 Å². The van der Waals surface area contributed by atoms with Crippen molar-refractivity contribution in [2.75, 3.05) is 19.7 Å². The lowest BCUT2D eigenvalue weighted by atomic mass is 9.86. The molecule has 2 rings (SSSR count). The van der Waals surface area contributed by atoms with Gasteiger partial charge in [-0.05, 0) is 6.42 Å². The topological polar surface area (TPSA) is 84.2 Å².